The van der Waals surface area contributed by atoms with Gasteiger partial charge in [-0.3, -0.25) is 0 Å². The van der Waals surface area contributed by atoms with E-state index in [1.807, 2.05) is 78.9 Å². The molecule has 6 rings (SSSR count). The van der Waals surface area contributed by atoms with E-state index in [9.17, 15) is 20.2 Å². The van der Waals surface area contributed by atoms with Crippen molar-refractivity contribution in [3.05, 3.63) is 106 Å². The zero-order valence-electron chi connectivity index (χ0n) is 27.7. The fraction of sp³-hybridized carbons (Fsp3) is 0.444. The molecule has 0 spiro atoms. The highest BCUT2D eigenvalue weighted by Gasteiger charge is 2.50. The fourth-order valence-electron chi connectivity index (χ4n) is 6.44. The van der Waals surface area contributed by atoms with Gasteiger partial charge in [0, 0.05) is 16.4 Å². The quantitative estimate of drug-likeness (QED) is 0.129. The predicted octanol–water partition coefficient (Wildman–Crippen LogP) is 5.52. The van der Waals surface area contributed by atoms with Crippen LogP contribution < -0.4 is 5.32 Å². The van der Waals surface area contributed by atoms with Gasteiger partial charge in [0.2, 0.25) is 0 Å². The smallest absolute Gasteiger partial charge is 0.407 e. The van der Waals surface area contributed by atoms with Crippen molar-refractivity contribution >= 4 is 12.1 Å². The number of carbonyl (C=O) groups is 2. The van der Waals surface area contributed by atoms with Gasteiger partial charge < -0.3 is 38.8 Å². The van der Waals surface area contributed by atoms with Gasteiger partial charge in [-0.2, -0.15) is 0 Å². The number of esters is 1. The summed E-state index contributed by atoms with van der Waals surface area (Å²) in [5.41, 5.74) is 13.5. The standard InChI is InChI=1S/C36H40N4O9/c1-20(46-34-29(39-40-37)30(41)31-27(47-34)19-44-33(48-31)21-12-6-5-7-13-21)28(32(42)49-36(2,3)4)38-35(43)45-18-26-24-16-10-8-14-22(24)23-15-9-11-17-25(23)26/h5-17,20,26-31,33-34,41H,18-19H2,1-4H3,(H,38,43)/t20-,27-,28+,29-,30-,31+,33+,34+/m1/s1. The first-order chi connectivity index (χ1) is 23.5. The minimum absolute atomic E-state index is 0.0278. The van der Waals surface area contributed by atoms with Crippen LogP contribution in [-0.4, -0.2) is 78.8 Å². The predicted molar refractivity (Wildman–Crippen MR) is 176 cm³/mol. The zero-order valence-corrected chi connectivity index (χ0v) is 27.7. The molecule has 49 heavy (non-hydrogen) atoms. The van der Waals surface area contributed by atoms with E-state index in [-0.39, 0.29) is 19.1 Å². The van der Waals surface area contributed by atoms with E-state index < -0.39 is 66.7 Å². The molecule has 13 nitrogen and oxygen atoms in total. The van der Waals surface area contributed by atoms with Crippen LogP contribution in [0.15, 0.2) is 84.0 Å². The number of nitrogens with zero attached hydrogens (tertiary/aromatic N) is 3. The molecule has 1 amide bonds. The van der Waals surface area contributed by atoms with Crippen LogP contribution in [0.5, 0.6) is 0 Å². The van der Waals surface area contributed by atoms with Gasteiger partial charge in [-0.1, -0.05) is 84.0 Å². The Morgan fingerprint density at radius 3 is 2.27 bits per heavy atom. The molecule has 2 saturated heterocycles. The molecule has 8 atom stereocenters. The van der Waals surface area contributed by atoms with Crippen molar-refractivity contribution in [3.63, 3.8) is 0 Å². The third-order valence-electron chi connectivity index (χ3n) is 8.69. The topological polar surface area (TPSA) is 171 Å². The summed E-state index contributed by atoms with van der Waals surface area (Å²) in [6.07, 6.45) is -7.05. The summed E-state index contributed by atoms with van der Waals surface area (Å²) < 4.78 is 35.5. The van der Waals surface area contributed by atoms with E-state index in [4.69, 9.17) is 28.4 Å². The Bertz CT molecular complexity index is 1650. The normalized spacial score (nSPS) is 25.8. The van der Waals surface area contributed by atoms with Gasteiger partial charge in [0.25, 0.3) is 0 Å². The third kappa shape index (κ3) is 7.57. The maximum atomic E-state index is 13.5. The van der Waals surface area contributed by atoms with Crippen molar-refractivity contribution in [2.24, 2.45) is 5.11 Å². The molecule has 13 heteroatoms. The second-order valence-corrected chi connectivity index (χ2v) is 13.2. The highest BCUT2D eigenvalue weighted by molar-refractivity contribution is 5.82. The minimum atomic E-state index is -1.36. The van der Waals surface area contributed by atoms with E-state index >= 15 is 0 Å². The first-order valence-electron chi connectivity index (χ1n) is 16.2. The number of ether oxygens (including phenoxy) is 6. The summed E-state index contributed by atoms with van der Waals surface area (Å²) in [6.45, 7) is 6.71. The van der Waals surface area contributed by atoms with Gasteiger partial charge in [-0.15, -0.1) is 0 Å². The lowest BCUT2D eigenvalue weighted by atomic mass is 9.96. The molecule has 0 saturated carbocycles. The number of amides is 1. The molecule has 0 unspecified atom stereocenters. The number of benzene rings is 3. The molecule has 3 aromatic carbocycles. The molecule has 3 aromatic rings. The Hall–Kier alpha value is -4.49. The summed E-state index contributed by atoms with van der Waals surface area (Å²) in [5, 5.41) is 17.7. The van der Waals surface area contributed by atoms with Crippen molar-refractivity contribution < 1.29 is 43.1 Å². The maximum Gasteiger partial charge on any atom is 0.407 e. The van der Waals surface area contributed by atoms with Crippen LogP contribution in [0.4, 0.5) is 4.79 Å². The van der Waals surface area contributed by atoms with Gasteiger partial charge in [0.05, 0.1) is 18.8 Å². The number of fused-ring (bicyclic) bond motifs is 4. The number of rotatable bonds is 9. The van der Waals surface area contributed by atoms with Crippen LogP contribution in [0.2, 0.25) is 0 Å². The molecular weight excluding hydrogens is 632 g/mol. The number of nitrogens with one attached hydrogen (secondary N) is 1. The molecule has 258 valence electrons. The Kier molecular flexibility index (Phi) is 10.2. The average molecular weight is 673 g/mol. The van der Waals surface area contributed by atoms with E-state index in [2.05, 4.69) is 15.3 Å². The summed E-state index contributed by atoms with van der Waals surface area (Å²) in [4.78, 5) is 29.6. The van der Waals surface area contributed by atoms with Gasteiger partial charge in [0.1, 0.15) is 30.5 Å². The number of hydrogen-bond donors (Lipinski definition) is 2. The van der Waals surface area contributed by atoms with Crippen LogP contribution in [0.3, 0.4) is 0 Å². The Labute approximate surface area is 284 Å². The lowest BCUT2D eigenvalue weighted by Gasteiger charge is -2.47. The van der Waals surface area contributed by atoms with Crippen molar-refractivity contribution in [3.8, 4) is 11.1 Å². The van der Waals surface area contributed by atoms with Crippen LogP contribution in [0.1, 0.15) is 56.6 Å². The molecule has 1 aliphatic carbocycles. The number of aliphatic hydroxyl groups is 1. The lowest BCUT2D eigenvalue weighted by molar-refractivity contribution is -0.346. The molecule has 2 fully saturated rings. The molecule has 0 aromatic heterocycles. The summed E-state index contributed by atoms with van der Waals surface area (Å²) in [5.74, 6) is -0.971. The number of azide groups is 1. The van der Waals surface area contributed by atoms with E-state index in [1.54, 1.807) is 20.8 Å². The van der Waals surface area contributed by atoms with Crippen molar-refractivity contribution in [1.82, 2.24) is 5.32 Å². The lowest BCUT2D eigenvalue weighted by Crippen LogP contribution is -2.63. The van der Waals surface area contributed by atoms with Crippen LogP contribution in [0, 0.1) is 0 Å². The summed E-state index contributed by atoms with van der Waals surface area (Å²) in [6, 6.07) is 22.5. The Morgan fingerprint density at radius 1 is 1.00 bits per heavy atom. The van der Waals surface area contributed by atoms with E-state index in [1.165, 1.54) is 6.92 Å². The number of alkyl carbamates (subject to hydrolysis) is 1. The van der Waals surface area contributed by atoms with Gasteiger partial charge in [-0.25, -0.2) is 9.59 Å². The molecule has 3 aliphatic rings. The SMILES string of the molecule is C[C@@H](O[C@H]1O[C@@H]2CO[C@H](c3ccccc3)O[C@@H]2[C@H](O)[C@H]1N=[N+]=[N-])[C@H](NC(=O)OCC1c2ccccc2-c2ccccc21)C(=O)OC(C)(C)C. The van der Waals surface area contributed by atoms with Crippen molar-refractivity contribution in [1.29, 1.82) is 0 Å². The fourth-order valence-corrected chi connectivity index (χ4v) is 6.44. The second-order valence-electron chi connectivity index (χ2n) is 13.2. The van der Waals surface area contributed by atoms with Gasteiger partial charge >= 0.3 is 12.1 Å². The molecular formula is C36H40N4O9. The molecule has 0 bridgehead atoms. The van der Waals surface area contributed by atoms with Crippen molar-refractivity contribution in [2.45, 2.75) is 88.3 Å². The largest absolute Gasteiger partial charge is 0.458 e. The summed E-state index contributed by atoms with van der Waals surface area (Å²) >= 11 is 0. The molecule has 2 heterocycles. The van der Waals surface area contributed by atoms with E-state index in [0.29, 0.717) is 0 Å². The van der Waals surface area contributed by atoms with Gasteiger partial charge in [0.15, 0.2) is 18.6 Å². The van der Waals surface area contributed by atoms with Crippen LogP contribution in [0.25, 0.3) is 21.6 Å². The van der Waals surface area contributed by atoms with Crippen molar-refractivity contribution in [2.75, 3.05) is 13.2 Å². The summed E-state index contributed by atoms with van der Waals surface area (Å²) in [7, 11) is 0. The Morgan fingerprint density at radius 2 is 1.63 bits per heavy atom. The number of hydrogen-bond acceptors (Lipinski definition) is 10. The highest BCUT2D eigenvalue weighted by atomic mass is 16.7. The van der Waals surface area contributed by atoms with Gasteiger partial charge in [-0.05, 0) is 55.5 Å². The average Bonchev–Trinajstić information content (AvgIpc) is 3.41. The number of aliphatic hydroxyl groups excluding tert-OH is 1. The monoisotopic (exact) mass is 672 g/mol. The van der Waals surface area contributed by atoms with Crippen LogP contribution >= 0.6 is 0 Å². The highest BCUT2D eigenvalue weighted by Crippen LogP contribution is 2.44. The maximum absolute atomic E-state index is 13.5. The molecule has 2 N–H and O–H groups in total. The first kappa shape index (κ1) is 34.4. The van der Waals surface area contributed by atoms with Crippen LogP contribution in [-0.2, 0) is 33.2 Å². The first-order valence-corrected chi connectivity index (χ1v) is 16.2. The minimum Gasteiger partial charge on any atom is -0.458 e. The zero-order chi connectivity index (χ0) is 34.7. The Balaban J connectivity index is 1.15. The van der Waals surface area contributed by atoms with E-state index in [0.717, 1.165) is 27.8 Å². The second kappa shape index (κ2) is 14.6. The third-order valence-corrected chi connectivity index (χ3v) is 8.69. The molecule has 0 radical (unpaired) electrons. The number of carbonyl (C=O) groups excluding carboxylic acids is 2. The molecule has 2 aliphatic heterocycles.